The first kappa shape index (κ1) is 19.1. The number of aromatic nitrogens is 1. The van der Waals surface area contributed by atoms with Gasteiger partial charge in [0.05, 0.1) is 7.11 Å². The van der Waals surface area contributed by atoms with Crippen LogP contribution in [0.1, 0.15) is 13.3 Å². The first-order valence-corrected chi connectivity index (χ1v) is 8.66. The van der Waals surface area contributed by atoms with Gasteiger partial charge in [0, 0.05) is 37.6 Å². The molecule has 1 aromatic rings. The fourth-order valence-electron chi connectivity index (χ4n) is 3.06. The molecule has 1 aliphatic rings. The molecule has 1 saturated heterocycles. The summed E-state index contributed by atoms with van der Waals surface area (Å²) < 4.78 is 5.01. The van der Waals surface area contributed by atoms with Crippen LogP contribution in [-0.4, -0.2) is 61.7 Å². The maximum absolute atomic E-state index is 12.3. The Hall–Kier alpha value is -2.18. The highest BCUT2D eigenvalue weighted by molar-refractivity contribution is 5.77. The molecule has 1 aromatic heterocycles. The van der Waals surface area contributed by atoms with E-state index in [0.717, 1.165) is 42.3 Å². The van der Waals surface area contributed by atoms with Crippen molar-refractivity contribution in [3.63, 3.8) is 0 Å². The molecule has 6 nitrogen and oxygen atoms in total. The maximum Gasteiger partial charge on any atom is 0.324 e. The number of carbonyl (C=O) groups excluding carboxylic acids is 1. The van der Waals surface area contributed by atoms with Gasteiger partial charge in [-0.05, 0) is 31.2 Å². The van der Waals surface area contributed by atoms with Crippen molar-refractivity contribution < 1.29 is 9.53 Å². The van der Waals surface area contributed by atoms with E-state index in [-0.39, 0.29) is 12.0 Å². The normalized spacial score (nSPS) is 19.6. The predicted octanol–water partition coefficient (Wildman–Crippen LogP) is -0.139. The summed E-state index contributed by atoms with van der Waals surface area (Å²) in [6.45, 7) is 9.60. The summed E-state index contributed by atoms with van der Waals surface area (Å²) >= 11 is 0. The molecule has 0 spiro atoms. The second kappa shape index (κ2) is 9.34. The average molecular weight is 344 g/mol. The van der Waals surface area contributed by atoms with Crippen LogP contribution in [0.3, 0.4) is 0 Å². The van der Waals surface area contributed by atoms with Gasteiger partial charge in [-0.25, -0.2) is 4.98 Å². The Bertz CT molecular complexity index is 717. The van der Waals surface area contributed by atoms with Gasteiger partial charge in [0.25, 0.3) is 0 Å². The molecular formula is C19H28N4O2. The second-order valence-corrected chi connectivity index (χ2v) is 6.06. The van der Waals surface area contributed by atoms with Crippen LogP contribution in [0.4, 0.5) is 5.82 Å². The third kappa shape index (κ3) is 4.67. The lowest BCUT2D eigenvalue weighted by Gasteiger charge is -2.40. The average Bonchev–Trinajstić information content (AvgIpc) is 2.64. The summed E-state index contributed by atoms with van der Waals surface area (Å²) in [6.07, 6.45) is 8.58. The minimum atomic E-state index is -0.310. The van der Waals surface area contributed by atoms with E-state index in [1.54, 1.807) is 6.20 Å². The van der Waals surface area contributed by atoms with E-state index in [1.807, 2.05) is 31.2 Å². The molecule has 0 amide bonds. The predicted molar refractivity (Wildman–Crippen MR) is 102 cm³/mol. The summed E-state index contributed by atoms with van der Waals surface area (Å²) in [5.41, 5.74) is 5.62. The molecule has 0 aliphatic carbocycles. The zero-order chi connectivity index (χ0) is 18.2. The van der Waals surface area contributed by atoms with Gasteiger partial charge in [0.2, 0.25) is 0 Å². The number of piperazine rings is 1. The van der Waals surface area contributed by atoms with E-state index < -0.39 is 0 Å². The van der Waals surface area contributed by atoms with Crippen molar-refractivity contribution in [2.45, 2.75) is 19.4 Å². The largest absolute Gasteiger partial charge is 0.468 e. The van der Waals surface area contributed by atoms with Crippen LogP contribution in [0.25, 0.3) is 12.7 Å². The minimum absolute atomic E-state index is 0.216. The SMILES string of the molecule is C=c1ccnc(N2CCN(CCCN)C(C(=O)OC)C2)/c1=C/C=C\C. The number of ether oxygens (including phenoxy) is 1. The summed E-state index contributed by atoms with van der Waals surface area (Å²) in [5, 5.41) is 1.91. The lowest BCUT2D eigenvalue weighted by atomic mass is 10.1. The van der Waals surface area contributed by atoms with Crippen molar-refractivity contribution in [3.05, 3.63) is 34.9 Å². The van der Waals surface area contributed by atoms with Crippen molar-refractivity contribution in [1.29, 1.82) is 0 Å². The molecule has 2 rings (SSSR count). The molecule has 2 heterocycles. The topological polar surface area (TPSA) is 71.7 Å². The van der Waals surface area contributed by atoms with Gasteiger partial charge < -0.3 is 15.4 Å². The van der Waals surface area contributed by atoms with Crippen LogP contribution in [0.15, 0.2) is 24.4 Å². The Morgan fingerprint density at radius 2 is 2.32 bits per heavy atom. The number of pyridine rings is 1. The molecule has 0 radical (unpaired) electrons. The van der Waals surface area contributed by atoms with Gasteiger partial charge in [-0.2, -0.15) is 0 Å². The summed E-state index contributed by atoms with van der Waals surface area (Å²) in [4.78, 5) is 21.1. The first-order chi connectivity index (χ1) is 12.1. The Labute approximate surface area is 149 Å². The summed E-state index contributed by atoms with van der Waals surface area (Å²) in [7, 11) is 1.43. The molecule has 2 N–H and O–H groups in total. The quantitative estimate of drug-likeness (QED) is 0.725. The lowest BCUT2D eigenvalue weighted by Crippen LogP contribution is -2.58. The number of rotatable bonds is 6. The van der Waals surface area contributed by atoms with Crippen LogP contribution in [-0.2, 0) is 9.53 Å². The van der Waals surface area contributed by atoms with Crippen LogP contribution in [0, 0.1) is 0 Å². The lowest BCUT2D eigenvalue weighted by molar-refractivity contribution is -0.147. The van der Waals surface area contributed by atoms with Crippen molar-refractivity contribution in [3.8, 4) is 0 Å². The fourth-order valence-corrected chi connectivity index (χ4v) is 3.06. The smallest absolute Gasteiger partial charge is 0.324 e. The van der Waals surface area contributed by atoms with Crippen LogP contribution in [0.2, 0.25) is 0 Å². The molecule has 6 heteroatoms. The van der Waals surface area contributed by atoms with Gasteiger partial charge in [-0.15, -0.1) is 0 Å². The molecule has 25 heavy (non-hydrogen) atoms. The fraction of sp³-hybridized carbons (Fsp3) is 0.474. The Morgan fingerprint density at radius 3 is 3.00 bits per heavy atom. The summed E-state index contributed by atoms with van der Waals surface area (Å²) in [6, 6.07) is 1.59. The van der Waals surface area contributed by atoms with E-state index in [1.165, 1.54) is 7.11 Å². The number of methoxy groups -OCH3 is 1. The highest BCUT2D eigenvalue weighted by Crippen LogP contribution is 2.15. The molecule has 136 valence electrons. The van der Waals surface area contributed by atoms with E-state index in [4.69, 9.17) is 10.5 Å². The zero-order valence-electron chi connectivity index (χ0n) is 15.1. The molecular weight excluding hydrogens is 316 g/mol. The van der Waals surface area contributed by atoms with Gasteiger partial charge >= 0.3 is 5.97 Å². The Kier molecular flexibility index (Phi) is 7.16. The Morgan fingerprint density at radius 1 is 1.52 bits per heavy atom. The van der Waals surface area contributed by atoms with Gasteiger partial charge in [-0.3, -0.25) is 9.69 Å². The highest BCUT2D eigenvalue weighted by Gasteiger charge is 2.33. The molecule has 1 unspecified atom stereocenters. The number of hydrogen-bond donors (Lipinski definition) is 1. The van der Waals surface area contributed by atoms with E-state index in [2.05, 4.69) is 21.4 Å². The molecule has 1 fully saturated rings. The number of anilines is 1. The van der Waals surface area contributed by atoms with Gasteiger partial charge in [0.15, 0.2) is 0 Å². The first-order valence-electron chi connectivity index (χ1n) is 8.66. The number of esters is 1. The number of allylic oxidation sites excluding steroid dienone is 2. The van der Waals surface area contributed by atoms with Crippen molar-refractivity contribution in [1.82, 2.24) is 9.88 Å². The zero-order valence-corrected chi connectivity index (χ0v) is 15.1. The van der Waals surface area contributed by atoms with Crippen molar-refractivity contribution in [2.24, 2.45) is 5.73 Å². The Balaban J connectivity index is 2.32. The standard InChI is InChI=1S/C19H28N4O2/c1-4-5-7-16-15(2)8-10-21-18(16)23-13-12-22(11-6-9-20)17(14-23)19(24)25-3/h4-5,7-8,10,17H,2,6,9,11-14,20H2,1,3H3/b5-4-,16-7+. The monoisotopic (exact) mass is 344 g/mol. The third-order valence-corrected chi connectivity index (χ3v) is 4.43. The van der Waals surface area contributed by atoms with E-state index in [0.29, 0.717) is 13.1 Å². The number of nitrogens with two attached hydrogens (primary N) is 1. The number of nitrogens with zero attached hydrogens (tertiary/aromatic N) is 3. The van der Waals surface area contributed by atoms with Crippen LogP contribution in [0.5, 0.6) is 0 Å². The van der Waals surface area contributed by atoms with E-state index in [9.17, 15) is 4.79 Å². The maximum atomic E-state index is 12.3. The van der Waals surface area contributed by atoms with Crippen molar-refractivity contribution >= 4 is 24.4 Å². The molecule has 1 aliphatic heterocycles. The van der Waals surface area contributed by atoms with Crippen LogP contribution >= 0.6 is 0 Å². The van der Waals surface area contributed by atoms with E-state index >= 15 is 0 Å². The molecule has 0 saturated carbocycles. The molecule has 0 bridgehead atoms. The molecule has 1 atom stereocenters. The second-order valence-electron chi connectivity index (χ2n) is 6.06. The molecule has 0 aromatic carbocycles. The van der Waals surface area contributed by atoms with Gasteiger partial charge in [-0.1, -0.05) is 24.8 Å². The van der Waals surface area contributed by atoms with Crippen LogP contribution < -0.4 is 21.1 Å². The van der Waals surface area contributed by atoms with Crippen molar-refractivity contribution in [2.75, 3.05) is 44.7 Å². The summed E-state index contributed by atoms with van der Waals surface area (Å²) in [5.74, 6) is 0.643. The third-order valence-electron chi connectivity index (χ3n) is 4.43. The number of carbonyl (C=O) groups is 1. The highest BCUT2D eigenvalue weighted by atomic mass is 16.5. The number of hydrogen-bond acceptors (Lipinski definition) is 6. The minimum Gasteiger partial charge on any atom is -0.468 e. The van der Waals surface area contributed by atoms with Gasteiger partial charge in [0.1, 0.15) is 11.9 Å².